The number of carbonyl (C=O) groups is 1. The molecule has 0 heterocycles. The Balaban J connectivity index is 2.14. The SMILES string of the molecule is CCC(Oc1ccc(Cl)c(C)c1)C(=O)Nc1cc(C)ccc1OC. The summed E-state index contributed by atoms with van der Waals surface area (Å²) in [4.78, 5) is 12.6. The summed E-state index contributed by atoms with van der Waals surface area (Å²) < 4.78 is 11.1. The summed E-state index contributed by atoms with van der Waals surface area (Å²) in [5.41, 5.74) is 2.58. The van der Waals surface area contributed by atoms with Gasteiger partial charge in [-0.1, -0.05) is 24.6 Å². The van der Waals surface area contributed by atoms with Gasteiger partial charge in [-0.05, 0) is 61.7 Å². The minimum Gasteiger partial charge on any atom is -0.495 e. The van der Waals surface area contributed by atoms with Gasteiger partial charge in [0.1, 0.15) is 11.5 Å². The summed E-state index contributed by atoms with van der Waals surface area (Å²) in [6.07, 6.45) is -0.0578. The maximum absolute atomic E-state index is 12.6. The van der Waals surface area contributed by atoms with Crippen molar-refractivity contribution in [3.05, 3.63) is 52.5 Å². The van der Waals surface area contributed by atoms with E-state index in [0.29, 0.717) is 28.6 Å². The number of halogens is 1. The lowest BCUT2D eigenvalue weighted by atomic mass is 10.2. The van der Waals surface area contributed by atoms with E-state index >= 15 is 0 Å². The highest BCUT2D eigenvalue weighted by molar-refractivity contribution is 6.31. The van der Waals surface area contributed by atoms with Gasteiger partial charge < -0.3 is 14.8 Å². The molecular weight excluding hydrogens is 326 g/mol. The van der Waals surface area contributed by atoms with Crippen LogP contribution in [-0.2, 0) is 4.79 Å². The zero-order valence-corrected chi connectivity index (χ0v) is 15.1. The molecule has 0 saturated carbocycles. The summed E-state index contributed by atoms with van der Waals surface area (Å²) in [5.74, 6) is 1.02. The fraction of sp³-hybridized carbons (Fsp3) is 0.316. The van der Waals surface area contributed by atoms with Gasteiger partial charge in [-0.25, -0.2) is 0 Å². The Morgan fingerprint density at radius 1 is 1.21 bits per heavy atom. The third kappa shape index (κ3) is 4.42. The molecule has 2 rings (SSSR count). The van der Waals surface area contributed by atoms with Gasteiger partial charge in [-0.2, -0.15) is 0 Å². The van der Waals surface area contributed by atoms with Gasteiger partial charge in [0, 0.05) is 5.02 Å². The smallest absolute Gasteiger partial charge is 0.265 e. The van der Waals surface area contributed by atoms with Crippen molar-refractivity contribution in [3.63, 3.8) is 0 Å². The first-order chi connectivity index (χ1) is 11.4. The molecule has 0 bridgehead atoms. The van der Waals surface area contributed by atoms with Gasteiger partial charge in [-0.3, -0.25) is 4.79 Å². The molecule has 1 atom stereocenters. The van der Waals surface area contributed by atoms with Crippen LogP contribution in [0.1, 0.15) is 24.5 Å². The van der Waals surface area contributed by atoms with Crippen molar-refractivity contribution in [2.24, 2.45) is 0 Å². The van der Waals surface area contributed by atoms with Gasteiger partial charge in [0.25, 0.3) is 5.91 Å². The number of benzene rings is 2. The molecule has 5 heteroatoms. The highest BCUT2D eigenvalue weighted by Crippen LogP contribution is 2.26. The number of hydrogen-bond donors (Lipinski definition) is 1. The second-order valence-electron chi connectivity index (χ2n) is 5.62. The van der Waals surface area contributed by atoms with E-state index in [0.717, 1.165) is 11.1 Å². The monoisotopic (exact) mass is 347 g/mol. The number of nitrogens with one attached hydrogen (secondary N) is 1. The van der Waals surface area contributed by atoms with Crippen molar-refractivity contribution >= 4 is 23.2 Å². The number of hydrogen-bond acceptors (Lipinski definition) is 3. The van der Waals surface area contributed by atoms with E-state index in [-0.39, 0.29) is 5.91 Å². The predicted octanol–water partition coefficient (Wildman–Crippen LogP) is 4.76. The molecule has 0 spiro atoms. The molecule has 1 unspecified atom stereocenters. The topological polar surface area (TPSA) is 47.6 Å². The number of carbonyl (C=O) groups excluding carboxylic acids is 1. The highest BCUT2D eigenvalue weighted by Gasteiger charge is 2.20. The lowest BCUT2D eigenvalue weighted by Gasteiger charge is -2.19. The maximum Gasteiger partial charge on any atom is 0.265 e. The predicted molar refractivity (Wildman–Crippen MR) is 97.3 cm³/mol. The molecule has 1 N–H and O–H groups in total. The minimum absolute atomic E-state index is 0.214. The van der Waals surface area contributed by atoms with Crippen molar-refractivity contribution in [2.45, 2.75) is 33.3 Å². The number of rotatable bonds is 6. The molecule has 4 nitrogen and oxygen atoms in total. The fourth-order valence-electron chi connectivity index (χ4n) is 2.31. The van der Waals surface area contributed by atoms with Gasteiger partial charge in [0.05, 0.1) is 12.8 Å². The number of methoxy groups -OCH3 is 1. The Morgan fingerprint density at radius 3 is 2.58 bits per heavy atom. The Kier molecular flexibility index (Phi) is 6.10. The molecule has 24 heavy (non-hydrogen) atoms. The Bertz CT molecular complexity index is 731. The Labute approximate surface area is 147 Å². The van der Waals surface area contributed by atoms with Crippen LogP contribution < -0.4 is 14.8 Å². The van der Waals surface area contributed by atoms with E-state index in [2.05, 4.69) is 5.32 Å². The molecule has 2 aromatic carbocycles. The maximum atomic E-state index is 12.6. The van der Waals surface area contributed by atoms with Crippen molar-refractivity contribution in [3.8, 4) is 11.5 Å². The van der Waals surface area contributed by atoms with Crippen LogP contribution in [0.5, 0.6) is 11.5 Å². The van der Waals surface area contributed by atoms with E-state index in [1.165, 1.54) is 0 Å². The van der Waals surface area contributed by atoms with E-state index in [1.54, 1.807) is 19.2 Å². The van der Waals surface area contributed by atoms with Crippen LogP contribution in [0, 0.1) is 13.8 Å². The number of aryl methyl sites for hydroxylation is 2. The zero-order chi connectivity index (χ0) is 17.7. The van der Waals surface area contributed by atoms with Crippen LogP contribution in [0.2, 0.25) is 5.02 Å². The van der Waals surface area contributed by atoms with Crippen LogP contribution in [0.3, 0.4) is 0 Å². The third-order valence-corrected chi connectivity index (χ3v) is 4.11. The molecule has 2 aromatic rings. The van der Waals surface area contributed by atoms with Crippen molar-refractivity contribution < 1.29 is 14.3 Å². The normalized spacial score (nSPS) is 11.7. The Hall–Kier alpha value is -2.20. The van der Waals surface area contributed by atoms with Crippen LogP contribution in [0.15, 0.2) is 36.4 Å². The minimum atomic E-state index is -0.601. The summed E-state index contributed by atoms with van der Waals surface area (Å²) in [7, 11) is 1.57. The van der Waals surface area contributed by atoms with Gasteiger partial charge in [-0.15, -0.1) is 0 Å². The second-order valence-corrected chi connectivity index (χ2v) is 6.03. The lowest BCUT2D eigenvalue weighted by molar-refractivity contribution is -0.122. The molecule has 1 amide bonds. The number of amides is 1. The third-order valence-electron chi connectivity index (χ3n) is 3.68. The van der Waals surface area contributed by atoms with Gasteiger partial charge >= 0.3 is 0 Å². The van der Waals surface area contributed by atoms with Gasteiger partial charge in [0.15, 0.2) is 6.10 Å². The average molecular weight is 348 g/mol. The molecule has 0 radical (unpaired) electrons. The molecule has 0 aliphatic rings. The standard InChI is InChI=1S/C19H22ClNO3/c1-5-17(24-14-7-8-15(20)13(3)11-14)19(22)21-16-10-12(2)6-9-18(16)23-4/h6-11,17H,5H2,1-4H3,(H,21,22). The van der Waals surface area contributed by atoms with Crippen LogP contribution >= 0.6 is 11.6 Å². The number of ether oxygens (including phenoxy) is 2. The van der Waals surface area contributed by atoms with Crippen LogP contribution in [-0.4, -0.2) is 19.1 Å². The van der Waals surface area contributed by atoms with Crippen LogP contribution in [0.25, 0.3) is 0 Å². The first-order valence-corrected chi connectivity index (χ1v) is 8.20. The molecule has 0 aliphatic heterocycles. The number of anilines is 1. The largest absolute Gasteiger partial charge is 0.495 e. The summed E-state index contributed by atoms with van der Waals surface area (Å²) in [6, 6.07) is 11.0. The van der Waals surface area contributed by atoms with E-state index in [1.807, 2.05) is 45.0 Å². The molecule has 0 saturated heterocycles. The van der Waals surface area contributed by atoms with Crippen molar-refractivity contribution in [1.29, 1.82) is 0 Å². The molecule has 0 aliphatic carbocycles. The Morgan fingerprint density at radius 2 is 1.96 bits per heavy atom. The molecule has 0 aromatic heterocycles. The first-order valence-electron chi connectivity index (χ1n) is 7.83. The summed E-state index contributed by atoms with van der Waals surface area (Å²) in [5, 5.41) is 3.56. The quantitative estimate of drug-likeness (QED) is 0.819. The van der Waals surface area contributed by atoms with Crippen LogP contribution in [0.4, 0.5) is 5.69 Å². The van der Waals surface area contributed by atoms with E-state index in [4.69, 9.17) is 21.1 Å². The van der Waals surface area contributed by atoms with Gasteiger partial charge in [0.2, 0.25) is 0 Å². The van der Waals surface area contributed by atoms with E-state index < -0.39 is 6.10 Å². The summed E-state index contributed by atoms with van der Waals surface area (Å²) >= 11 is 6.02. The molecular formula is C19H22ClNO3. The zero-order valence-electron chi connectivity index (χ0n) is 14.4. The molecule has 128 valence electrons. The first kappa shape index (κ1) is 18.1. The second kappa shape index (κ2) is 8.06. The van der Waals surface area contributed by atoms with Crippen molar-refractivity contribution in [2.75, 3.05) is 12.4 Å². The lowest BCUT2D eigenvalue weighted by Crippen LogP contribution is -2.32. The summed E-state index contributed by atoms with van der Waals surface area (Å²) in [6.45, 7) is 5.76. The van der Waals surface area contributed by atoms with Crippen molar-refractivity contribution in [1.82, 2.24) is 0 Å². The highest BCUT2D eigenvalue weighted by atomic mass is 35.5. The van der Waals surface area contributed by atoms with E-state index in [9.17, 15) is 4.79 Å². The molecule has 0 fully saturated rings. The fourth-order valence-corrected chi connectivity index (χ4v) is 2.43. The average Bonchev–Trinajstić information content (AvgIpc) is 2.56.